The fourth-order valence-corrected chi connectivity index (χ4v) is 4.30. The normalized spacial score (nSPS) is 12.3. The summed E-state index contributed by atoms with van der Waals surface area (Å²) in [5.41, 5.74) is 2.10. The quantitative estimate of drug-likeness (QED) is 0.362. The summed E-state index contributed by atoms with van der Waals surface area (Å²) >= 11 is 6.20. The number of nitrogens with zero attached hydrogens (tertiary/aromatic N) is 3. The summed E-state index contributed by atoms with van der Waals surface area (Å²) in [4.78, 5) is 33.8. The lowest BCUT2D eigenvalue weighted by Crippen LogP contribution is -2.38. The summed E-state index contributed by atoms with van der Waals surface area (Å²) in [5, 5.41) is 1.16. The van der Waals surface area contributed by atoms with E-state index in [0.29, 0.717) is 40.6 Å². The van der Waals surface area contributed by atoms with Crippen molar-refractivity contribution in [3.63, 3.8) is 0 Å². The average Bonchev–Trinajstić information content (AvgIpc) is 2.78. The molecule has 1 heterocycles. The molecule has 0 bridgehead atoms. The van der Waals surface area contributed by atoms with Crippen LogP contribution in [0.5, 0.6) is 0 Å². The zero-order valence-corrected chi connectivity index (χ0v) is 21.0. The van der Waals surface area contributed by atoms with Gasteiger partial charge in [-0.15, -0.1) is 0 Å². The molecular weight excluding hydrogens is 434 g/mol. The van der Waals surface area contributed by atoms with Crippen molar-refractivity contribution in [3.05, 3.63) is 69.2 Å². The van der Waals surface area contributed by atoms with Crippen molar-refractivity contribution >= 4 is 28.4 Å². The highest BCUT2D eigenvalue weighted by atomic mass is 35.5. The van der Waals surface area contributed by atoms with Crippen LogP contribution in [0.25, 0.3) is 16.6 Å². The summed E-state index contributed by atoms with van der Waals surface area (Å²) in [6, 6.07) is 12.5. The zero-order valence-electron chi connectivity index (χ0n) is 20.3. The van der Waals surface area contributed by atoms with Crippen molar-refractivity contribution in [2.75, 3.05) is 6.54 Å². The molecule has 5 nitrogen and oxygen atoms in total. The molecule has 1 atom stereocenters. The van der Waals surface area contributed by atoms with Gasteiger partial charge in [0.1, 0.15) is 5.82 Å². The minimum absolute atomic E-state index is 0.104. The van der Waals surface area contributed by atoms with Crippen molar-refractivity contribution in [3.8, 4) is 5.69 Å². The lowest BCUT2D eigenvalue weighted by atomic mass is 10.1. The van der Waals surface area contributed by atoms with Crippen LogP contribution in [0, 0.1) is 12.8 Å². The number of aromatic nitrogens is 2. The van der Waals surface area contributed by atoms with E-state index in [1.165, 1.54) is 0 Å². The average molecular weight is 468 g/mol. The van der Waals surface area contributed by atoms with Gasteiger partial charge in [0.2, 0.25) is 5.91 Å². The maximum absolute atomic E-state index is 13.7. The second-order valence-corrected chi connectivity index (χ2v) is 9.54. The second kappa shape index (κ2) is 11.0. The number of carbonyl (C=O) groups excluding carboxylic acids is 1. The Morgan fingerprint density at radius 1 is 1.15 bits per heavy atom. The van der Waals surface area contributed by atoms with Crippen molar-refractivity contribution in [2.45, 2.75) is 66.3 Å². The fourth-order valence-electron chi connectivity index (χ4n) is 4.08. The van der Waals surface area contributed by atoms with E-state index in [4.69, 9.17) is 16.6 Å². The molecule has 33 heavy (non-hydrogen) atoms. The Morgan fingerprint density at radius 2 is 1.88 bits per heavy atom. The van der Waals surface area contributed by atoms with Gasteiger partial charge in [0.15, 0.2) is 0 Å². The van der Waals surface area contributed by atoms with Crippen LogP contribution in [0.1, 0.15) is 70.8 Å². The van der Waals surface area contributed by atoms with Crippen LogP contribution < -0.4 is 5.56 Å². The van der Waals surface area contributed by atoms with Gasteiger partial charge in [-0.05, 0) is 68.5 Å². The molecule has 176 valence electrons. The molecule has 0 radical (unpaired) electrons. The molecule has 0 fully saturated rings. The molecule has 1 aromatic heterocycles. The number of rotatable bonds is 9. The molecule has 0 saturated carbocycles. The highest BCUT2D eigenvalue weighted by molar-refractivity contribution is 6.30. The van der Waals surface area contributed by atoms with E-state index in [1.54, 1.807) is 16.7 Å². The molecular formula is C27H34ClN3O2. The van der Waals surface area contributed by atoms with Gasteiger partial charge in [-0.25, -0.2) is 4.98 Å². The van der Waals surface area contributed by atoms with Crippen LogP contribution >= 0.6 is 11.6 Å². The number of halogens is 1. The molecule has 1 amide bonds. The van der Waals surface area contributed by atoms with E-state index in [0.717, 1.165) is 30.5 Å². The third kappa shape index (κ3) is 5.64. The number of fused-ring (bicyclic) bond motifs is 1. The Hall–Kier alpha value is -2.66. The Balaban J connectivity index is 2.21. The highest BCUT2D eigenvalue weighted by Gasteiger charge is 2.27. The number of amides is 1. The first-order valence-corrected chi connectivity index (χ1v) is 12.2. The van der Waals surface area contributed by atoms with Crippen LogP contribution in [-0.2, 0) is 4.79 Å². The number of carbonyl (C=O) groups is 1. The molecule has 0 N–H and O–H groups in total. The SMILES string of the molecule is CCCCC(=O)N(CCC(C)C)C(C)c1nc2ccccc2c(=O)n1-c1ccc(Cl)cc1C. The second-order valence-electron chi connectivity index (χ2n) is 9.11. The van der Waals surface area contributed by atoms with E-state index in [2.05, 4.69) is 20.8 Å². The molecule has 6 heteroatoms. The Bertz CT molecular complexity index is 1190. The molecule has 1 unspecified atom stereocenters. The Kier molecular flexibility index (Phi) is 8.30. The molecule has 0 spiro atoms. The van der Waals surface area contributed by atoms with E-state index < -0.39 is 0 Å². The van der Waals surface area contributed by atoms with Crippen molar-refractivity contribution in [2.24, 2.45) is 5.92 Å². The number of para-hydroxylation sites is 1. The number of hydrogen-bond acceptors (Lipinski definition) is 3. The van der Waals surface area contributed by atoms with E-state index in [1.807, 2.05) is 49.1 Å². The van der Waals surface area contributed by atoms with Crippen molar-refractivity contribution in [1.82, 2.24) is 14.5 Å². The van der Waals surface area contributed by atoms with Gasteiger partial charge in [0.25, 0.3) is 5.56 Å². The first-order valence-electron chi connectivity index (χ1n) is 11.8. The van der Waals surface area contributed by atoms with E-state index in [-0.39, 0.29) is 17.5 Å². The van der Waals surface area contributed by atoms with Crippen molar-refractivity contribution < 1.29 is 4.79 Å². The molecule has 0 aliphatic heterocycles. The zero-order chi connectivity index (χ0) is 24.1. The van der Waals surface area contributed by atoms with Gasteiger partial charge in [-0.1, -0.05) is 50.9 Å². The van der Waals surface area contributed by atoms with Crippen LogP contribution in [0.4, 0.5) is 0 Å². The first kappa shape index (κ1) is 25.0. The lowest BCUT2D eigenvalue weighted by Gasteiger charge is -2.31. The standard InChI is InChI=1S/C27H34ClN3O2/c1-6-7-12-25(32)30(16-15-18(2)3)20(5)26-29-23-11-9-8-10-22(23)27(33)31(26)24-14-13-21(28)17-19(24)4/h8-11,13-14,17-18,20H,6-7,12,15-16H2,1-5H3. The Morgan fingerprint density at radius 3 is 2.55 bits per heavy atom. The van der Waals surface area contributed by atoms with E-state index >= 15 is 0 Å². The molecule has 3 rings (SSSR count). The maximum Gasteiger partial charge on any atom is 0.266 e. The summed E-state index contributed by atoms with van der Waals surface area (Å²) in [7, 11) is 0. The third-order valence-corrected chi connectivity index (χ3v) is 6.29. The predicted molar refractivity (Wildman–Crippen MR) is 136 cm³/mol. The topological polar surface area (TPSA) is 55.2 Å². The van der Waals surface area contributed by atoms with Crippen molar-refractivity contribution in [1.29, 1.82) is 0 Å². The molecule has 0 saturated heterocycles. The van der Waals surface area contributed by atoms with Gasteiger partial charge >= 0.3 is 0 Å². The van der Waals surface area contributed by atoms with Gasteiger partial charge in [-0.2, -0.15) is 0 Å². The van der Waals surface area contributed by atoms with Crippen LogP contribution in [0.15, 0.2) is 47.3 Å². The van der Waals surface area contributed by atoms with Crippen LogP contribution in [0.2, 0.25) is 5.02 Å². The molecule has 0 aliphatic rings. The minimum Gasteiger partial charge on any atom is -0.333 e. The summed E-state index contributed by atoms with van der Waals surface area (Å²) < 4.78 is 1.66. The monoisotopic (exact) mass is 467 g/mol. The summed E-state index contributed by atoms with van der Waals surface area (Å²) in [5.74, 6) is 1.13. The molecule has 3 aromatic rings. The molecule has 0 aliphatic carbocycles. The maximum atomic E-state index is 13.7. The number of aryl methyl sites for hydroxylation is 1. The van der Waals surface area contributed by atoms with Gasteiger partial charge < -0.3 is 4.90 Å². The number of unbranched alkanes of at least 4 members (excludes halogenated alkanes) is 1. The van der Waals surface area contributed by atoms with Crippen LogP contribution in [0.3, 0.4) is 0 Å². The van der Waals surface area contributed by atoms with E-state index in [9.17, 15) is 9.59 Å². The number of hydrogen-bond donors (Lipinski definition) is 0. The summed E-state index contributed by atoms with van der Waals surface area (Å²) in [6.45, 7) is 10.9. The first-order chi connectivity index (χ1) is 15.7. The molecule has 2 aromatic carbocycles. The smallest absolute Gasteiger partial charge is 0.266 e. The summed E-state index contributed by atoms with van der Waals surface area (Å²) in [6.07, 6.45) is 3.19. The van der Waals surface area contributed by atoms with Gasteiger partial charge in [-0.3, -0.25) is 14.2 Å². The largest absolute Gasteiger partial charge is 0.333 e. The Labute approximate surface area is 201 Å². The third-order valence-electron chi connectivity index (χ3n) is 6.05. The predicted octanol–water partition coefficient (Wildman–Crippen LogP) is 6.47. The fraction of sp³-hybridized carbons (Fsp3) is 0.444. The highest BCUT2D eigenvalue weighted by Crippen LogP contribution is 2.27. The lowest BCUT2D eigenvalue weighted by molar-refractivity contribution is -0.133. The van der Waals surface area contributed by atoms with Gasteiger partial charge in [0.05, 0.1) is 22.6 Å². The number of benzene rings is 2. The van der Waals surface area contributed by atoms with Crippen LogP contribution in [-0.4, -0.2) is 26.9 Å². The minimum atomic E-state index is -0.361. The van der Waals surface area contributed by atoms with Gasteiger partial charge in [0, 0.05) is 18.0 Å².